The number of nitrogens with zero attached hydrogens (tertiary/aromatic N) is 2. The Labute approximate surface area is 225 Å². The van der Waals surface area contributed by atoms with Crippen LogP contribution in [0.25, 0.3) is 5.69 Å². The molecule has 3 aromatic carbocycles. The predicted octanol–water partition coefficient (Wildman–Crippen LogP) is 6.22. The highest BCUT2D eigenvalue weighted by Crippen LogP contribution is 2.39. The summed E-state index contributed by atoms with van der Waals surface area (Å²) in [5.41, 5.74) is 2.44. The highest BCUT2D eigenvalue weighted by molar-refractivity contribution is 7.99. The molecule has 1 aromatic heterocycles. The van der Waals surface area contributed by atoms with Gasteiger partial charge in [0, 0.05) is 16.9 Å². The van der Waals surface area contributed by atoms with E-state index in [1.165, 1.54) is 36.0 Å². The zero-order valence-electron chi connectivity index (χ0n) is 21.6. The molecule has 0 unspecified atom stereocenters. The van der Waals surface area contributed by atoms with E-state index >= 15 is 0 Å². The minimum absolute atomic E-state index is 0.206. The molecule has 0 atom stereocenters. The van der Waals surface area contributed by atoms with Crippen LogP contribution in [0.2, 0.25) is 0 Å². The number of carbonyl (C=O) groups is 1. The van der Waals surface area contributed by atoms with Crippen LogP contribution in [0.15, 0.2) is 78.1 Å². The number of aromatic carboxylic acids is 1. The lowest BCUT2D eigenvalue weighted by atomic mass is 9.81. The summed E-state index contributed by atoms with van der Waals surface area (Å²) in [7, 11) is 3.21. The average Bonchev–Trinajstić information content (AvgIpc) is 3.36. The van der Waals surface area contributed by atoms with Crippen molar-refractivity contribution in [2.75, 3.05) is 26.6 Å². The zero-order chi connectivity index (χ0) is 27.3. The van der Waals surface area contributed by atoms with Crippen LogP contribution in [0.5, 0.6) is 17.2 Å². The molecule has 1 heterocycles. The maximum absolute atomic E-state index is 13.8. The predicted molar refractivity (Wildman–Crippen MR) is 145 cm³/mol. The Morgan fingerprint density at radius 3 is 2.32 bits per heavy atom. The number of aromatic nitrogens is 2. The smallest absolute Gasteiger partial charge is 0.335 e. The molecule has 9 heteroatoms. The molecule has 0 aliphatic heterocycles. The van der Waals surface area contributed by atoms with Gasteiger partial charge in [0.05, 0.1) is 38.3 Å². The molecule has 38 heavy (non-hydrogen) atoms. The van der Waals surface area contributed by atoms with Gasteiger partial charge in [0.2, 0.25) is 0 Å². The third-order valence-corrected chi connectivity index (χ3v) is 7.16. The second-order valence-corrected chi connectivity index (χ2v) is 10.0. The van der Waals surface area contributed by atoms with E-state index in [9.17, 15) is 9.18 Å². The molecule has 1 N–H and O–H groups in total. The van der Waals surface area contributed by atoms with E-state index in [1.54, 1.807) is 38.5 Å². The number of imidazole rings is 1. The van der Waals surface area contributed by atoms with Crippen LogP contribution >= 0.6 is 11.8 Å². The SMILES string of the molecule is COc1ccc(C(C)(C)c2cnc(SCCOc3ccc(C(=O)O)cc3)n2-c2ccc(F)cc2)cc1OC. The topological polar surface area (TPSA) is 82.8 Å². The monoisotopic (exact) mass is 536 g/mol. The van der Waals surface area contributed by atoms with Gasteiger partial charge in [-0.05, 0) is 66.2 Å². The first-order chi connectivity index (χ1) is 18.2. The van der Waals surface area contributed by atoms with Gasteiger partial charge < -0.3 is 19.3 Å². The number of ether oxygens (including phenoxy) is 3. The summed E-state index contributed by atoms with van der Waals surface area (Å²) in [6.45, 7) is 4.59. The van der Waals surface area contributed by atoms with Crippen molar-refractivity contribution in [2.45, 2.75) is 24.4 Å². The first kappa shape index (κ1) is 27.1. The number of methoxy groups -OCH3 is 2. The van der Waals surface area contributed by atoms with Crippen LogP contribution < -0.4 is 14.2 Å². The van der Waals surface area contributed by atoms with Crippen LogP contribution in [0.4, 0.5) is 4.39 Å². The highest BCUT2D eigenvalue weighted by Gasteiger charge is 2.30. The maximum Gasteiger partial charge on any atom is 0.335 e. The average molecular weight is 537 g/mol. The summed E-state index contributed by atoms with van der Waals surface area (Å²) in [6.07, 6.45) is 1.84. The summed E-state index contributed by atoms with van der Waals surface area (Å²) in [5, 5.41) is 9.79. The number of carboxylic acids is 1. The minimum Gasteiger partial charge on any atom is -0.493 e. The largest absolute Gasteiger partial charge is 0.493 e. The van der Waals surface area contributed by atoms with Gasteiger partial charge in [-0.1, -0.05) is 31.7 Å². The fraction of sp³-hybridized carbons (Fsp3) is 0.241. The second kappa shape index (κ2) is 11.6. The normalized spacial score (nSPS) is 11.3. The molecule has 0 aliphatic carbocycles. The van der Waals surface area contributed by atoms with Gasteiger partial charge in [0.25, 0.3) is 0 Å². The van der Waals surface area contributed by atoms with E-state index < -0.39 is 11.4 Å². The summed E-state index contributed by atoms with van der Waals surface area (Å²) in [6, 6.07) is 18.5. The Balaban J connectivity index is 1.60. The number of thioether (sulfide) groups is 1. The van der Waals surface area contributed by atoms with Gasteiger partial charge in [0.15, 0.2) is 16.7 Å². The van der Waals surface area contributed by atoms with Gasteiger partial charge in [0.1, 0.15) is 11.6 Å². The van der Waals surface area contributed by atoms with E-state index in [2.05, 4.69) is 13.8 Å². The maximum atomic E-state index is 13.8. The van der Waals surface area contributed by atoms with Crippen molar-refractivity contribution in [3.8, 4) is 22.9 Å². The van der Waals surface area contributed by atoms with Crippen LogP contribution in [0.1, 0.15) is 35.5 Å². The number of benzene rings is 3. The molecule has 0 spiro atoms. The third-order valence-electron chi connectivity index (χ3n) is 6.24. The number of hydrogen-bond acceptors (Lipinski definition) is 6. The number of halogens is 1. The lowest BCUT2D eigenvalue weighted by Gasteiger charge is -2.28. The molecule has 0 amide bonds. The van der Waals surface area contributed by atoms with Crippen LogP contribution in [0.3, 0.4) is 0 Å². The zero-order valence-corrected chi connectivity index (χ0v) is 22.4. The van der Waals surface area contributed by atoms with Crippen molar-refractivity contribution in [3.05, 3.63) is 95.6 Å². The van der Waals surface area contributed by atoms with Gasteiger partial charge in [-0.15, -0.1) is 0 Å². The molecule has 0 aliphatic rings. The molecule has 0 saturated carbocycles. The number of carboxylic acid groups (broad SMARTS) is 1. The second-order valence-electron chi connectivity index (χ2n) is 8.96. The first-order valence-corrected chi connectivity index (χ1v) is 12.9. The molecule has 4 rings (SSSR count). The molecule has 4 aromatic rings. The highest BCUT2D eigenvalue weighted by atomic mass is 32.2. The fourth-order valence-electron chi connectivity index (χ4n) is 4.08. The van der Waals surface area contributed by atoms with Crippen LogP contribution in [-0.2, 0) is 5.41 Å². The van der Waals surface area contributed by atoms with Gasteiger partial charge in [-0.25, -0.2) is 14.2 Å². The third kappa shape index (κ3) is 5.78. The van der Waals surface area contributed by atoms with E-state index in [0.29, 0.717) is 29.6 Å². The van der Waals surface area contributed by atoms with Crippen molar-refractivity contribution in [1.29, 1.82) is 0 Å². The lowest BCUT2D eigenvalue weighted by Crippen LogP contribution is -2.23. The van der Waals surface area contributed by atoms with E-state index in [1.807, 2.05) is 29.0 Å². The lowest BCUT2D eigenvalue weighted by molar-refractivity contribution is 0.0697. The molecule has 0 saturated heterocycles. The number of rotatable bonds is 11. The first-order valence-electron chi connectivity index (χ1n) is 11.9. The Hall–Kier alpha value is -3.98. The number of hydrogen-bond donors (Lipinski definition) is 1. The molecular weight excluding hydrogens is 507 g/mol. The van der Waals surface area contributed by atoms with Crippen molar-refractivity contribution in [1.82, 2.24) is 9.55 Å². The summed E-state index contributed by atoms with van der Waals surface area (Å²) >= 11 is 1.51. The standard InChI is InChI=1S/C29H29FN2O5S/c1-29(2,20-7-14-24(35-3)25(17-20)36-4)26-18-31-28(32(26)22-10-8-21(30)9-11-22)38-16-15-37-23-12-5-19(6-13-23)27(33)34/h5-14,17-18H,15-16H2,1-4H3,(H,33,34). The molecule has 198 valence electrons. The molecule has 0 fully saturated rings. The van der Waals surface area contributed by atoms with Crippen molar-refractivity contribution < 1.29 is 28.5 Å². The molecule has 0 bridgehead atoms. The Morgan fingerprint density at radius 2 is 1.68 bits per heavy atom. The van der Waals surface area contributed by atoms with Gasteiger partial charge >= 0.3 is 5.97 Å². The van der Waals surface area contributed by atoms with E-state index in [0.717, 1.165) is 22.1 Å². The summed E-state index contributed by atoms with van der Waals surface area (Å²) < 4.78 is 32.5. The van der Waals surface area contributed by atoms with E-state index in [-0.39, 0.29) is 11.4 Å². The Morgan fingerprint density at radius 1 is 1.00 bits per heavy atom. The molecular formula is C29H29FN2O5S. The van der Waals surface area contributed by atoms with Crippen molar-refractivity contribution >= 4 is 17.7 Å². The van der Waals surface area contributed by atoms with Crippen molar-refractivity contribution in [3.63, 3.8) is 0 Å². The quantitative estimate of drug-likeness (QED) is 0.180. The summed E-state index contributed by atoms with van der Waals surface area (Å²) in [5.74, 6) is 1.17. The molecule has 0 radical (unpaired) electrons. The van der Waals surface area contributed by atoms with Crippen molar-refractivity contribution in [2.24, 2.45) is 0 Å². The fourth-order valence-corrected chi connectivity index (χ4v) is 4.89. The van der Waals surface area contributed by atoms with Gasteiger partial charge in [-0.2, -0.15) is 0 Å². The van der Waals surface area contributed by atoms with Crippen LogP contribution in [0, 0.1) is 5.82 Å². The van der Waals surface area contributed by atoms with E-state index in [4.69, 9.17) is 24.3 Å². The summed E-state index contributed by atoms with van der Waals surface area (Å²) in [4.78, 5) is 15.7. The molecule has 7 nitrogen and oxygen atoms in total. The Bertz CT molecular complexity index is 1400. The van der Waals surface area contributed by atoms with Gasteiger partial charge in [-0.3, -0.25) is 4.57 Å². The minimum atomic E-state index is -0.980. The Kier molecular flexibility index (Phi) is 8.26. The van der Waals surface area contributed by atoms with Crippen LogP contribution in [-0.4, -0.2) is 47.2 Å².